The fourth-order valence-corrected chi connectivity index (χ4v) is 3.47. The Morgan fingerprint density at radius 2 is 1.52 bits per heavy atom. The number of amides is 1. The second kappa shape index (κ2) is 9.03. The minimum atomic E-state index is -0.0887. The fraction of sp³-hybridized carbons (Fsp3) is 0.167. The molecular weight excluding hydrogens is 382 g/mol. The lowest BCUT2D eigenvalue weighted by Gasteiger charge is -2.14. The third-order valence-corrected chi connectivity index (χ3v) is 4.87. The number of para-hydroxylation sites is 1. The van der Waals surface area contributed by atoms with Crippen LogP contribution in [0.4, 0.5) is 0 Å². The molecule has 0 saturated heterocycles. The zero-order valence-corrected chi connectivity index (χ0v) is 17.4. The maximum atomic E-state index is 12.9. The number of rotatable bonds is 5. The summed E-state index contributed by atoms with van der Waals surface area (Å²) >= 11 is 0. The number of pyridine rings is 1. The van der Waals surface area contributed by atoms with Gasteiger partial charge in [-0.15, -0.1) is 12.4 Å². The number of likely N-dealkylation sites (N-methyl/N-ethyl adjacent to an activating group) is 1. The number of nitrogens with one attached hydrogen (secondary N) is 1. The van der Waals surface area contributed by atoms with Crippen LogP contribution < -0.4 is 5.32 Å². The molecule has 0 aliphatic rings. The van der Waals surface area contributed by atoms with Crippen molar-refractivity contribution in [1.82, 2.24) is 15.2 Å². The largest absolute Gasteiger partial charge is 0.351 e. The van der Waals surface area contributed by atoms with E-state index in [0.29, 0.717) is 12.1 Å². The highest BCUT2D eigenvalue weighted by molar-refractivity contribution is 6.16. The highest BCUT2D eigenvalue weighted by Gasteiger charge is 2.16. The Hall–Kier alpha value is -2.95. The molecule has 1 aromatic heterocycles. The van der Waals surface area contributed by atoms with E-state index in [0.717, 1.165) is 39.5 Å². The molecule has 0 radical (unpaired) electrons. The van der Waals surface area contributed by atoms with Crippen molar-refractivity contribution in [2.45, 2.75) is 0 Å². The molecule has 29 heavy (non-hydrogen) atoms. The number of hydrogen-bond donors (Lipinski definition) is 1. The van der Waals surface area contributed by atoms with E-state index in [1.54, 1.807) is 0 Å². The van der Waals surface area contributed by atoms with Gasteiger partial charge < -0.3 is 10.2 Å². The molecule has 0 fully saturated rings. The number of carbonyl (C=O) groups is 1. The van der Waals surface area contributed by atoms with Gasteiger partial charge in [-0.25, -0.2) is 4.98 Å². The highest BCUT2D eigenvalue weighted by atomic mass is 35.5. The first-order chi connectivity index (χ1) is 13.6. The van der Waals surface area contributed by atoms with Crippen LogP contribution in [0.25, 0.3) is 32.9 Å². The summed E-state index contributed by atoms with van der Waals surface area (Å²) in [5.74, 6) is -0.0887. The third kappa shape index (κ3) is 4.24. The summed E-state index contributed by atoms with van der Waals surface area (Å²) in [6.45, 7) is 1.39. The van der Waals surface area contributed by atoms with Gasteiger partial charge in [0.25, 0.3) is 5.91 Å². The number of aromatic nitrogens is 1. The Bertz CT molecular complexity index is 1140. The summed E-state index contributed by atoms with van der Waals surface area (Å²) in [6.07, 6.45) is 0. The van der Waals surface area contributed by atoms with Crippen LogP contribution in [-0.4, -0.2) is 43.0 Å². The average Bonchev–Trinajstić information content (AvgIpc) is 2.73. The van der Waals surface area contributed by atoms with Crippen molar-refractivity contribution >= 4 is 40.0 Å². The van der Waals surface area contributed by atoms with Gasteiger partial charge in [0.2, 0.25) is 0 Å². The highest BCUT2D eigenvalue weighted by Crippen LogP contribution is 2.33. The van der Waals surface area contributed by atoms with Crippen molar-refractivity contribution in [1.29, 1.82) is 0 Å². The van der Waals surface area contributed by atoms with Gasteiger partial charge in [-0.2, -0.15) is 0 Å². The molecule has 4 rings (SSSR count). The molecule has 1 amide bonds. The van der Waals surface area contributed by atoms with E-state index in [9.17, 15) is 4.79 Å². The smallest absolute Gasteiger partial charge is 0.253 e. The zero-order chi connectivity index (χ0) is 19.5. The summed E-state index contributed by atoms with van der Waals surface area (Å²) < 4.78 is 0. The van der Waals surface area contributed by atoms with Crippen LogP contribution in [0.15, 0.2) is 72.8 Å². The predicted octanol–water partition coefficient (Wildman–Crippen LogP) is 4.77. The molecule has 1 heterocycles. The fourth-order valence-electron chi connectivity index (χ4n) is 3.47. The first kappa shape index (κ1) is 20.8. The SMILES string of the molecule is CN(C)CCNC(=O)c1cccc2c1nc(-c1ccccc1)c1ccccc12.Cl. The van der Waals surface area contributed by atoms with E-state index in [-0.39, 0.29) is 18.3 Å². The number of fused-ring (bicyclic) bond motifs is 3. The lowest BCUT2D eigenvalue weighted by atomic mass is 9.98. The van der Waals surface area contributed by atoms with E-state index >= 15 is 0 Å². The van der Waals surface area contributed by atoms with Crippen molar-refractivity contribution in [3.05, 3.63) is 78.4 Å². The van der Waals surface area contributed by atoms with Gasteiger partial charge in [-0.05, 0) is 25.5 Å². The van der Waals surface area contributed by atoms with Crippen molar-refractivity contribution in [3.63, 3.8) is 0 Å². The first-order valence-corrected chi connectivity index (χ1v) is 9.45. The maximum Gasteiger partial charge on any atom is 0.253 e. The molecule has 0 atom stereocenters. The van der Waals surface area contributed by atoms with Gasteiger partial charge in [0.1, 0.15) is 0 Å². The van der Waals surface area contributed by atoms with Crippen LogP contribution in [0.5, 0.6) is 0 Å². The van der Waals surface area contributed by atoms with E-state index in [1.807, 2.05) is 67.5 Å². The Morgan fingerprint density at radius 1 is 0.862 bits per heavy atom. The topological polar surface area (TPSA) is 45.2 Å². The minimum absolute atomic E-state index is 0. The van der Waals surface area contributed by atoms with Crippen molar-refractivity contribution in [3.8, 4) is 11.3 Å². The molecule has 5 heteroatoms. The first-order valence-electron chi connectivity index (χ1n) is 9.45. The molecule has 4 aromatic rings. The molecule has 1 N–H and O–H groups in total. The Labute approximate surface area is 177 Å². The maximum absolute atomic E-state index is 12.9. The normalized spacial score (nSPS) is 10.9. The van der Waals surface area contributed by atoms with Crippen molar-refractivity contribution < 1.29 is 4.79 Å². The molecule has 0 bridgehead atoms. The molecule has 4 nitrogen and oxygen atoms in total. The molecule has 0 aliphatic heterocycles. The van der Waals surface area contributed by atoms with Gasteiger partial charge in [-0.3, -0.25) is 4.79 Å². The van der Waals surface area contributed by atoms with E-state index < -0.39 is 0 Å². The number of carbonyl (C=O) groups excluding carboxylic acids is 1. The predicted molar refractivity (Wildman–Crippen MR) is 123 cm³/mol. The average molecular weight is 406 g/mol. The van der Waals surface area contributed by atoms with Crippen LogP contribution in [0.3, 0.4) is 0 Å². The Kier molecular flexibility index (Phi) is 6.47. The van der Waals surface area contributed by atoms with E-state index in [2.05, 4.69) is 29.6 Å². The molecule has 0 unspecified atom stereocenters. The molecule has 0 aliphatic carbocycles. The number of halogens is 1. The third-order valence-electron chi connectivity index (χ3n) is 4.87. The minimum Gasteiger partial charge on any atom is -0.351 e. The van der Waals surface area contributed by atoms with Crippen LogP contribution in [0.1, 0.15) is 10.4 Å². The van der Waals surface area contributed by atoms with Gasteiger partial charge in [0, 0.05) is 29.4 Å². The molecule has 148 valence electrons. The number of benzene rings is 3. The van der Waals surface area contributed by atoms with Gasteiger partial charge in [0.15, 0.2) is 0 Å². The summed E-state index contributed by atoms with van der Waals surface area (Å²) in [7, 11) is 3.98. The summed E-state index contributed by atoms with van der Waals surface area (Å²) in [5.41, 5.74) is 3.29. The van der Waals surface area contributed by atoms with Crippen LogP contribution in [0, 0.1) is 0 Å². The summed E-state index contributed by atoms with van der Waals surface area (Å²) in [5, 5.41) is 6.20. The second-order valence-electron chi connectivity index (χ2n) is 7.13. The number of nitrogens with zero attached hydrogens (tertiary/aromatic N) is 2. The monoisotopic (exact) mass is 405 g/mol. The number of hydrogen-bond acceptors (Lipinski definition) is 3. The van der Waals surface area contributed by atoms with Gasteiger partial charge in [-0.1, -0.05) is 66.7 Å². The molecule has 0 spiro atoms. The lowest BCUT2D eigenvalue weighted by molar-refractivity contribution is 0.0952. The van der Waals surface area contributed by atoms with E-state index in [4.69, 9.17) is 4.98 Å². The van der Waals surface area contributed by atoms with Gasteiger partial charge in [0.05, 0.1) is 16.8 Å². The quantitative estimate of drug-likeness (QED) is 0.486. The second-order valence-corrected chi connectivity index (χ2v) is 7.13. The lowest BCUT2D eigenvalue weighted by Crippen LogP contribution is -2.31. The van der Waals surface area contributed by atoms with Crippen molar-refractivity contribution in [2.75, 3.05) is 27.2 Å². The standard InChI is InChI=1S/C24H23N3O.ClH/c1-27(2)16-15-25-24(28)21-14-8-13-20-18-11-6-7-12-19(18)22(26-23(20)21)17-9-4-3-5-10-17;/h3-14H,15-16H2,1-2H3,(H,25,28);1H. The van der Waals surface area contributed by atoms with Crippen molar-refractivity contribution in [2.24, 2.45) is 0 Å². The summed E-state index contributed by atoms with van der Waals surface area (Å²) in [4.78, 5) is 19.9. The Morgan fingerprint density at radius 3 is 2.24 bits per heavy atom. The van der Waals surface area contributed by atoms with Crippen LogP contribution >= 0.6 is 12.4 Å². The van der Waals surface area contributed by atoms with E-state index in [1.165, 1.54) is 0 Å². The van der Waals surface area contributed by atoms with Crippen LogP contribution in [-0.2, 0) is 0 Å². The molecule has 3 aromatic carbocycles. The van der Waals surface area contributed by atoms with Crippen LogP contribution in [0.2, 0.25) is 0 Å². The zero-order valence-electron chi connectivity index (χ0n) is 16.6. The molecule has 0 saturated carbocycles. The Balaban J connectivity index is 0.00000240. The summed E-state index contributed by atoms with van der Waals surface area (Å²) in [6, 6.07) is 24.2. The molecular formula is C24H24ClN3O. The van der Waals surface area contributed by atoms with Gasteiger partial charge >= 0.3 is 0 Å².